The van der Waals surface area contributed by atoms with Crippen LogP contribution in [0.1, 0.15) is 29.9 Å². The van der Waals surface area contributed by atoms with Gasteiger partial charge in [-0.2, -0.15) is 0 Å². The molecule has 4 bridgehead atoms. The maximum Gasteiger partial charge on any atom is 0.265 e. The normalized spacial score (nSPS) is 39.5. The first-order valence-corrected chi connectivity index (χ1v) is 19.7. The third-order valence-electron chi connectivity index (χ3n) is 11.5. The summed E-state index contributed by atoms with van der Waals surface area (Å²) in [5.41, 5.74) is 2.99. The Bertz CT molecular complexity index is 1820. The van der Waals surface area contributed by atoms with Gasteiger partial charge in [-0.1, -0.05) is 58.0 Å². The fourth-order valence-electron chi connectivity index (χ4n) is 8.97. The number of nitrogens with zero attached hydrogens (tertiary/aromatic N) is 5. The van der Waals surface area contributed by atoms with Crippen molar-refractivity contribution >= 4 is 78.2 Å². The number of hydrogen-bond acceptors (Lipinski definition) is 12. The van der Waals surface area contributed by atoms with E-state index in [0.29, 0.717) is 19.4 Å². The van der Waals surface area contributed by atoms with Crippen molar-refractivity contribution in [2.24, 2.45) is 0 Å². The lowest BCUT2D eigenvalue weighted by Gasteiger charge is -2.59. The average Bonchev–Trinajstić information content (AvgIpc) is 3.71. The fourth-order valence-corrected chi connectivity index (χ4v) is 16.3. The molecule has 1 spiro atoms. The summed E-state index contributed by atoms with van der Waals surface area (Å²) in [6.07, 6.45) is 0.0543. The number of carbonyl (C=O) groups is 4. The van der Waals surface area contributed by atoms with Crippen LogP contribution in [0.15, 0.2) is 48.5 Å². The number of aliphatic hydroxyl groups is 2. The van der Waals surface area contributed by atoms with Crippen molar-refractivity contribution in [3.8, 4) is 0 Å². The highest BCUT2D eigenvalue weighted by molar-refractivity contribution is 8.78. The first-order valence-electron chi connectivity index (χ1n) is 15.4. The van der Waals surface area contributed by atoms with Crippen molar-refractivity contribution in [3.05, 3.63) is 59.7 Å². The van der Waals surface area contributed by atoms with Crippen LogP contribution in [0.2, 0.25) is 0 Å². The summed E-state index contributed by atoms with van der Waals surface area (Å²) in [6.45, 7) is -0.487. The number of anilines is 2. The summed E-state index contributed by atoms with van der Waals surface area (Å²) in [4.78, 5) is 59.7. The topological polar surface area (TPSA) is 137 Å². The largest absolute Gasteiger partial charge is 0.392 e. The number of benzene rings is 2. The highest BCUT2D eigenvalue weighted by atomic mass is 33.1. The molecule has 7 saturated heterocycles. The van der Waals surface area contributed by atoms with Crippen LogP contribution in [0.25, 0.3) is 0 Å². The molecule has 9 aliphatic heterocycles. The van der Waals surface area contributed by atoms with Gasteiger partial charge in [-0.15, -0.1) is 0 Å². The Balaban J connectivity index is 1.18. The van der Waals surface area contributed by atoms with E-state index in [2.05, 4.69) is 28.4 Å². The summed E-state index contributed by atoms with van der Waals surface area (Å²) >= 11 is 0. The highest BCUT2D eigenvalue weighted by Gasteiger charge is 2.79. The number of piperazine rings is 2. The van der Waals surface area contributed by atoms with E-state index in [-0.39, 0.29) is 29.5 Å². The molecule has 0 aliphatic carbocycles. The second-order valence-corrected chi connectivity index (χ2v) is 18.7. The molecule has 2 aromatic carbocycles. The summed E-state index contributed by atoms with van der Waals surface area (Å²) in [7, 11) is 10.1. The Morgan fingerprint density at radius 1 is 0.766 bits per heavy atom. The monoisotopic (exact) mass is 712 g/mol. The van der Waals surface area contributed by atoms with Crippen LogP contribution in [0.5, 0.6) is 0 Å². The van der Waals surface area contributed by atoms with E-state index in [4.69, 9.17) is 0 Å². The van der Waals surface area contributed by atoms with Gasteiger partial charge < -0.3 is 35.1 Å². The van der Waals surface area contributed by atoms with Crippen molar-refractivity contribution in [1.82, 2.24) is 19.6 Å². The van der Waals surface area contributed by atoms with Crippen molar-refractivity contribution < 1.29 is 29.4 Å². The molecule has 0 aromatic heterocycles. The van der Waals surface area contributed by atoms with Gasteiger partial charge in [0.25, 0.3) is 23.6 Å². The number of hydrogen-bond donors (Lipinski definition) is 3. The molecule has 11 rings (SSSR count). The van der Waals surface area contributed by atoms with E-state index in [0.717, 1.165) is 22.5 Å². The van der Waals surface area contributed by atoms with E-state index < -0.39 is 44.4 Å². The van der Waals surface area contributed by atoms with Crippen LogP contribution >= 0.6 is 43.2 Å². The smallest absolute Gasteiger partial charge is 0.265 e. The number of rotatable bonds is 5. The second kappa shape index (κ2) is 9.47. The molecule has 12 nitrogen and oxygen atoms in total. The fraction of sp³-hybridized carbons (Fsp3) is 0.484. The van der Waals surface area contributed by atoms with E-state index >= 15 is 0 Å². The van der Waals surface area contributed by atoms with Crippen LogP contribution in [-0.2, 0) is 24.7 Å². The predicted molar refractivity (Wildman–Crippen MR) is 182 cm³/mol. The number of amides is 4. The Labute approximate surface area is 286 Å². The van der Waals surface area contributed by atoms with Crippen LogP contribution in [0.3, 0.4) is 0 Å². The molecule has 0 unspecified atom stereocenters. The Hall–Kier alpha value is -2.76. The SMILES string of the molecule is CN1C(=O)[C@]2(C[C@H]3CN([C@]45C[C@@]67SS[C@@](CO)(C(=O)N6[C@H]4Nc4ccccc45)N(C)C7=O)c4ccccc43)SS[C@@]1(CO)C(=O)N2C. The van der Waals surface area contributed by atoms with Gasteiger partial charge >= 0.3 is 0 Å². The van der Waals surface area contributed by atoms with Gasteiger partial charge in [0.1, 0.15) is 11.7 Å². The lowest BCUT2D eigenvalue weighted by molar-refractivity contribution is -0.166. The lowest BCUT2D eigenvalue weighted by atomic mass is 9.84. The van der Waals surface area contributed by atoms with Crippen LogP contribution < -0.4 is 10.2 Å². The molecule has 47 heavy (non-hydrogen) atoms. The summed E-state index contributed by atoms with van der Waals surface area (Å²) in [6, 6.07) is 16.0. The molecular formula is C31H32N6O6S4. The molecule has 16 heteroatoms. The number of carbonyl (C=O) groups excluding carboxylic acids is 4. The molecule has 4 amide bonds. The van der Waals surface area contributed by atoms with E-state index in [1.165, 1.54) is 57.9 Å². The number of aliphatic hydroxyl groups excluding tert-OH is 2. The molecule has 7 fully saturated rings. The lowest BCUT2D eigenvalue weighted by Crippen LogP contribution is -2.77. The number of fused-ring (bicyclic) bond motifs is 9. The first kappa shape index (κ1) is 30.3. The van der Waals surface area contributed by atoms with E-state index in [9.17, 15) is 29.4 Å². The van der Waals surface area contributed by atoms with Gasteiger partial charge in [0.15, 0.2) is 9.74 Å². The Morgan fingerprint density at radius 3 is 2.13 bits per heavy atom. The number of likely N-dealkylation sites (N-methyl/N-ethyl adjacent to an activating group) is 3. The minimum atomic E-state index is -1.41. The zero-order valence-corrected chi connectivity index (χ0v) is 29.0. The Kier molecular flexibility index (Phi) is 6.11. The van der Waals surface area contributed by atoms with Crippen molar-refractivity contribution in [3.63, 3.8) is 0 Å². The molecule has 246 valence electrons. The predicted octanol–water partition coefficient (Wildman–Crippen LogP) is 1.82. The Morgan fingerprint density at radius 2 is 1.36 bits per heavy atom. The minimum Gasteiger partial charge on any atom is -0.392 e. The van der Waals surface area contributed by atoms with E-state index in [1.807, 2.05) is 30.3 Å². The maximum absolute atomic E-state index is 14.4. The summed E-state index contributed by atoms with van der Waals surface area (Å²) in [5, 5.41) is 24.4. The quantitative estimate of drug-likeness (QED) is 0.391. The minimum absolute atomic E-state index is 0.180. The summed E-state index contributed by atoms with van der Waals surface area (Å²) < 4.78 is 0. The van der Waals surface area contributed by atoms with Gasteiger partial charge in [-0.3, -0.25) is 24.1 Å². The second-order valence-electron chi connectivity index (χ2n) is 13.3. The van der Waals surface area contributed by atoms with Gasteiger partial charge in [-0.05, 0) is 45.7 Å². The molecule has 0 saturated carbocycles. The van der Waals surface area contributed by atoms with Gasteiger partial charge in [0.05, 0.1) is 13.2 Å². The van der Waals surface area contributed by atoms with Crippen molar-refractivity contribution in [1.29, 1.82) is 0 Å². The van der Waals surface area contributed by atoms with Crippen LogP contribution in [0, 0.1) is 0 Å². The van der Waals surface area contributed by atoms with Crippen molar-refractivity contribution in [2.45, 2.75) is 49.9 Å². The molecule has 7 atom stereocenters. The first-order chi connectivity index (χ1) is 22.5. The standard InChI is InChI=1S/C31H32N6O6S4/c1-33-25(42)30(15-38)34(2)23(40)28(33,44-46-30)12-17-13-36(21-11-7-4-8-18(17)21)27-14-29-24(41)35(3)31(16-39,47-45-29)26(43)37(29)22(27)32-20-10-6-5-9-19(20)27/h4-11,17,22,32,38-39H,12-16H2,1-3H3/t17-,22+,27-,28-,29-,30-,31-/m0/s1. The molecule has 2 aromatic rings. The maximum atomic E-state index is 14.4. The van der Waals surface area contributed by atoms with Gasteiger partial charge in [0.2, 0.25) is 9.74 Å². The number of nitrogens with one attached hydrogen (secondary N) is 1. The van der Waals surface area contributed by atoms with Crippen LogP contribution in [-0.4, -0.2) is 120 Å². The van der Waals surface area contributed by atoms with Crippen LogP contribution in [0.4, 0.5) is 11.4 Å². The molecule has 3 N–H and O–H groups in total. The molecule has 9 heterocycles. The third kappa shape index (κ3) is 3.17. The summed E-state index contributed by atoms with van der Waals surface area (Å²) in [5.74, 6) is -1.18. The van der Waals surface area contributed by atoms with E-state index in [1.54, 1.807) is 26.0 Å². The van der Waals surface area contributed by atoms with Gasteiger partial charge in [0, 0.05) is 57.0 Å². The highest BCUT2D eigenvalue weighted by Crippen LogP contribution is 2.70. The van der Waals surface area contributed by atoms with Crippen molar-refractivity contribution in [2.75, 3.05) is 51.1 Å². The molecule has 0 radical (unpaired) electrons. The molecular weight excluding hydrogens is 681 g/mol. The molecule has 9 aliphatic rings. The average molecular weight is 713 g/mol. The number of para-hydroxylation sites is 2. The third-order valence-corrected chi connectivity index (χ3v) is 18.9. The zero-order chi connectivity index (χ0) is 32.9. The zero-order valence-electron chi connectivity index (χ0n) is 25.7. The van der Waals surface area contributed by atoms with Gasteiger partial charge in [-0.25, -0.2) is 0 Å².